The Bertz CT molecular complexity index is 726. The fraction of sp³-hybridized carbons (Fsp3) is 0.524. The molecule has 0 amide bonds. The van der Waals surface area contributed by atoms with Crippen LogP contribution in [0.4, 0.5) is 0 Å². The quantitative estimate of drug-likeness (QED) is 0.258. The van der Waals surface area contributed by atoms with E-state index in [4.69, 9.17) is 24.7 Å². The summed E-state index contributed by atoms with van der Waals surface area (Å²) in [4.78, 5) is 47.2. The van der Waals surface area contributed by atoms with Crippen LogP contribution in [-0.2, 0) is 44.7 Å². The number of benzene rings is 1. The van der Waals surface area contributed by atoms with E-state index in [1.54, 1.807) is 20.8 Å². The first-order valence-corrected chi connectivity index (χ1v) is 9.54. The average molecular weight is 423 g/mol. The molecule has 0 fully saturated rings. The van der Waals surface area contributed by atoms with Crippen molar-refractivity contribution in [2.24, 2.45) is 5.73 Å². The number of carbonyl (C=O) groups is 4. The third-order valence-electron chi connectivity index (χ3n) is 3.55. The second-order valence-corrected chi connectivity index (χ2v) is 7.51. The molecule has 0 radical (unpaired) electrons. The topological polar surface area (TPSA) is 131 Å². The molecular formula is C21H29NO8. The molecular weight excluding hydrogens is 394 g/mol. The smallest absolute Gasteiger partial charge is 0.347 e. The van der Waals surface area contributed by atoms with E-state index in [9.17, 15) is 19.2 Å². The normalized spacial score (nSPS) is 13.0. The molecule has 0 saturated heterocycles. The summed E-state index contributed by atoms with van der Waals surface area (Å²) < 4.78 is 19.9. The lowest BCUT2D eigenvalue weighted by Gasteiger charge is -2.22. The van der Waals surface area contributed by atoms with E-state index in [1.807, 2.05) is 30.3 Å². The Balaban J connectivity index is 2.26. The van der Waals surface area contributed by atoms with Crippen LogP contribution in [-0.4, -0.2) is 48.2 Å². The summed E-state index contributed by atoms with van der Waals surface area (Å²) in [6.07, 6.45) is -0.953. The largest absolute Gasteiger partial charge is 0.463 e. The molecule has 166 valence electrons. The second kappa shape index (κ2) is 11.9. The minimum atomic E-state index is -1.67. The van der Waals surface area contributed by atoms with Gasteiger partial charge in [0, 0.05) is 6.42 Å². The highest BCUT2D eigenvalue weighted by molar-refractivity contribution is 5.99. The van der Waals surface area contributed by atoms with Crippen molar-refractivity contribution in [3.05, 3.63) is 35.9 Å². The van der Waals surface area contributed by atoms with Crippen LogP contribution in [0, 0.1) is 0 Å². The SMILES string of the molecule is CC(OC(=O)C(N)C(=O)OC(C)(C)C)C(=O)OCCCC(=O)OCc1ccccc1. The van der Waals surface area contributed by atoms with Crippen LogP contribution in [0.5, 0.6) is 0 Å². The number of hydrogen-bond donors (Lipinski definition) is 1. The van der Waals surface area contributed by atoms with Crippen LogP contribution in [0.25, 0.3) is 0 Å². The first-order valence-electron chi connectivity index (χ1n) is 9.54. The highest BCUT2D eigenvalue weighted by atomic mass is 16.6. The first-order chi connectivity index (χ1) is 14.0. The maximum Gasteiger partial charge on any atom is 0.347 e. The van der Waals surface area contributed by atoms with Crippen LogP contribution >= 0.6 is 0 Å². The van der Waals surface area contributed by atoms with E-state index < -0.39 is 41.6 Å². The Morgan fingerprint density at radius 1 is 0.967 bits per heavy atom. The van der Waals surface area contributed by atoms with Crippen molar-refractivity contribution in [3.63, 3.8) is 0 Å². The molecule has 0 bridgehead atoms. The third-order valence-corrected chi connectivity index (χ3v) is 3.55. The van der Waals surface area contributed by atoms with Gasteiger partial charge in [-0.25, -0.2) is 14.4 Å². The number of nitrogens with two attached hydrogens (primary N) is 1. The Kier molecular flexibility index (Phi) is 9.97. The Labute approximate surface area is 175 Å². The maximum atomic E-state index is 11.9. The lowest BCUT2D eigenvalue weighted by atomic mass is 10.2. The summed E-state index contributed by atoms with van der Waals surface area (Å²) in [5.74, 6) is -3.30. The summed E-state index contributed by atoms with van der Waals surface area (Å²) in [7, 11) is 0. The Hall–Kier alpha value is -2.94. The van der Waals surface area contributed by atoms with Gasteiger partial charge in [-0.1, -0.05) is 30.3 Å². The summed E-state index contributed by atoms with van der Waals surface area (Å²) >= 11 is 0. The van der Waals surface area contributed by atoms with Crippen LogP contribution in [0.1, 0.15) is 46.1 Å². The van der Waals surface area contributed by atoms with Gasteiger partial charge in [-0.2, -0.15) is 0 Å². The van der Waals surface area contributed by atoms with Crippen molar-refractivity contribution in [3.8, 4) is 0 Å². The molecule has 1 aromatic carbocycles. The van der Waals surface area contributed by atoms with Crippen molar-refractivity contribution in [2.75, 3.05) is 6.61 Å². The average Bonchev–Trinajstić information content (AvgIpc) is 2.68. The minimum absolute atomic E-state index is 0.0563. The summed E-state index contributed by atoms with van der Waals surface area (Å²) in [6.45, 7) is 6.28. The van der Waals surface area contributed by atoms with Crippen molar-refractivity contribution in [2.45, 2.75) is 64.9 Å². The zero-order chi connectivity index (χ0) is 22.7. The summed E-state index contributed by atoms with van der Waals surface area (Å²) in [5.41, 5.74) is 5.54. The predicted octanol–water partition coefficient (Wildman–Crippen LogP) is 1.65. The standard InChI is InChI=1S/C21H29NO8/c1-14(29-19(25)17(22)20(26)30-21(2,3)4)18(24)27-12-8-11-16(23)28-13-15-9-6-5-7-10-15/h5-7,9-10,14,17H,8,11-13,22H2,1-4H3. The van der Waals surface area contributed by atoms with Crippen molar-refractivity contribution in [1.82, 2.24) is 0 Å². The van der Waals surface area contributed by atoms with Crippen LogP contribution in [0.2, 0.25) is 0 Å². The van der Waals surface area contributed by atoms with Gasteiger partial charge in [-0.3, -0.25) is 4.79 Å². The molecule has 0 heterocycles. The molecule has 0 aliphatic carbocycles. The first kappa shape index (κ1) is 25.1. The molecule has 2 atom stereocenters. The monoisotopic (exact) mass is 423 g/mol. The lowest BCUT2D eigenvalue weighted by molar-refractivity contribution is -0.173. The molecule has 1 rings (SSSR count). The lowest BCUT2D eigenvalue weighted by Crippen LogP contribution is -2.45. The molecule has 9 heteroatoms. The molecule has 0 spiro atoms. The molecule has 30 heavy (non-hydrogen) atoms. The zero-order valence-corrected chi connectivity index (χ0v) is 17.7. The van der Waals surface area contributed by atoms with E-state index in [1.165, 1.54) is 6.92 Å². The Morgan fingerprint density at radius 3 is 2.20 bits per heavy atom. The van der Waals surface area contributed by atoms with E-state index in [0.29, 0.717) is 0 Å². The summed E-state index contributed by atoms with van der Waals surface area (Å²) in [5, 5.41) is 0. The van der Waals surface area contributed by atoms with E-state index in [0.717, 1.165) is 5.56 Å². The van der Waals surface area contributed by atoms with Gasteiger partial charge in [0.15, 0.2) is 6.10 Å². The van der Waals surface area contributed by atoms with Crippen LogP contribution in [0.3, 0.4) is 0 Å². The highest BCUT2D eigenvalue weighted by Gasteiger charge is 2.31. The fourth-order valence-electron chi connectivity index (χ4n) is 2.07. The number of hydrogen-bond acceptors (Lipinski definition) is 9. The second-order valence-electron chi connectivity index (χ2n) is 7.51. The molecule has 0 aromatic heterocycles. The molecule has 2 N–H and O–H groups in total. The van der Waals surface area contributed by atoms with Gasteiger partial charge in [0.2, 0.25) is 6.04 Å². The maximum absolute atomic E-state index is 11.9. The molecule has 1 aromatic rings. The number of carbonyl (C=O) groups excluding carboxylic acids is 4. The highest BCUT2D eigenvalue weighted by Crippen LogP contribution is 2.09. The Morgan fingerprint density at radius 2 is 1.60 bits per heavy atom. The molecule has 0 aliphatic heterocycles. The molecule has 0 aliphatic rings. The van der Waals surface area contributed by atoms with Gasteiger partial charge < -0.3 is 24.7 Å². The van der Waals surface area contributed by atoms with E-state index in [2.05, 4.69) is 0 Å². The summed E-state index contributed by atoms with van der Waals surface area (Å²) in [6, 6.07) is 7.56. The molecule has 0 saturated carbocycles. The van der Waals surface area contributed by atoms with Gasteiger partial charge >= 0.3 is 23.9 Å². The van der Waals surface area contributed by atoms with E-state index >= 15 is 0 Å². The number of ether oxygens (including phenoxy) is 4. The third kappa shape index (κ3) is 10.0. The van der Waals surface area contributed by atoms with E-state index in [-0.39, 0.29) is 26.1 Å². The van der Waals surface area contributed by atoms with Crippen molar-refractivity contribution >= 4 is 23.9 Å². The van der Waals surface area contributed by atoms with Crippen LogP contribution < -0.4 is 5.73 Å². The van der Waals surface area contributed by atoms with Gasteiger partial charge in [0.25, 0.3) is 0 Å². The van der Waals surface area contributed by atoms with Gasteiger partial charge in [0.05, 0.1) is 6.61 Å². The minimum Gasteiger partial charge on any atom is -0.463 e. The molecule has 2 unspecified atom stereocenters. The van der Waals surface area contributed by atoms with Gasteiger partial charge in [-0.05, 0) is 39.7 Å². The van der Waals surface area contributed by atoms with Crippen LogP contribution in [0.15, 0.2) is 30.3 Å². The number of esters is 4. The predicted molar refractivity (Wildman–Crippen MR) is 106 cm³/mol. The zero-order valence-electron chi connectivity index (χ0n) is 17.7. The van der Waals surface area contributed by atoms with Crippen molar-refractivity contribution < 1.29 is 38.1 Å². The van der Waals surface area contributed by atoms with Gasteiger partial charge in [0.1, 0.15) is 12.2 Å². The van der Waals surface area contributed by atoms with Gasteiger partial charge in [-0.15, -0.1) is 0 Å². The van der Waals surface area contributed by atoms with Crippen molar-refractivity contribution in [1.29, 1.82) is 0 Å². The molecule has 9 nitrogen and oxygen atoms in total. The number of rotatable bonds is 10. The fourth-order valence-corrected chi connectivity index (χ4v) is 2.07.